The van der Waals surface area contributed by atoms with Crippen LogP contribution in [-0.2, 0) is 14.8 Å². The smallest absolute Gasteiger partial charge is 0.240 e. The van der Waals surface area contributed by atoms with Gasteiger partial charge in [-0.2, -0.15) is 0 Å². The van der Waals surface area contributed by atoms with E-state index >= 15 is 0 Å². The number of methoxy groups -OCH3 is 1. The van der Waals surface area contributed by atoms with Crippen LogP contribution in [0.3, 0.4) is 0 Å². The quantitative estimate of drug-likeness (QED) is 0.784. The predicted molar refractivity (Wildman–Crippen MR) is 95.1 cm³/mol. The number of pyridine rings is 1. The fraction of sp³-hybridized carbons (Fsp3) is 0.294. The van der Waals surface area contributed by atoms with Crippen molar-refractivity contribution in [1.29, 1.82) is 0 Å². The Bertz CT molecular complexity index is 849. The molecule has 8 heteroatoms. The number of rotatable bonds is 7. The number of sulfonamides is 1. The van der Waals surface area contributed by atoms with Gasteiger partial charge in [-0.1, -0.05) is 6.07 Å². The van der Waals surface area contributed by atoms with Crippen LogP contribution in [0, 0.1) is 13.8 Å². The van der Waals surface area contributed by atoms with Crippen LogP contribution in [0.4, 0.5) is 5.69 Å². The number of nitrogens with zero attached hydrogens (tertiary/aromatic N) is 1. The van der Waals surface area contributed by atoms with Crippen molar-refractivity contribution in [3.63, 3.8) is 0 Å². The van der Waals surface area contributed by atoms with Crippen molar-refractivity contribution in [1.82, 2.24) is 9.71 Å². The van der Waals surface area contributed by atoms with Gasteiger partial charge in [0.2, 0.25) is 21.8 Å². The molecular weight excluding hydrogens is 342 g/mol. The maximum atomic E-state index is 12.2. The van der Waals surface area contributed by atoms with Gasteiger partial charge in [0, 0.05) is 19.0 Å². The third kappa shape index (κ3) is 5.27. The lowest BCUT2D eigenvalue weighted by atomic mass is 10.1. The number of anilines is 1. The molecule has 0 saturated carbocycles. The zero-order chi connectivity index (χ0) is 18.4. The number of carbonyl (C=O) groups excluding carboxylic acids is 1. The fourth-order valence-electron chi connectivity index (χ4n) is 2.06. The number of nitrogens with one attached hydrogen (secondary N) is 2. The molecule has 1 heterocycles. The summed E-state index contributed by atoms with van der Waals surface area (Å²) in [7, 11) is -2.13. The van der Waals surface area contributed by atoms with Gasteiger partial charge in [-0.25, -0.2) is 18.1 Å². The van der Waals surface area contributed by atoms with Gasteiger partial charge in [0.05, 0.1) is 23.9 Å². The van der Waals surface area contributed by atoms with Crippen molar-refractivity contribution in [3.8, 4) is 5.88 Å². The minimum atomic E-state index is -3.64. The van der Waals surface area contributed by atoms with E-state index in [4.69, 9.17) is 4.74 Å². The Morgan fingerprint density at radius 1 is 1.16 bits per heavy atom. The summed E-state index contributed by atoms with van der Waals surface area (Å²) < 4.78 is 31.8. The molecule has 7 nitrogen and oxygen atoms in total. The van der Waals surface area contributed by atoms with Gasteiger partial charge >= 0.3 is 0 Å². The minimum Gasteiger partial charge on any atom is -0.481 e. The lowest BCUT2D eigenvalue weighted by Crippen LogP contribution is -2.28. The molecule has 2 rings (SSSR count). The molecule has 2 N–H and O–H groups in total. The average Bonchev–Trinajstić information content (AvgIpc) is 2.57. The minimum absolute atomic E-state index is 0.00464. The van der Waals surface area contributed by atoms with E-state index in [1.807, 2.05) is 13.8 Å². The molecule has 0 saturated heterocycles. The predicted octanol–water partition coefficient (Wildman–Crippen LogP) is 2.01. The van der Waals surface area contributed by atoms with Crippen LogP contribution in [0.5, 0.6) is 5.88 Å². The maximum Gasteiger partial charge on any atom is 0.240 e. The monoisotopic (exact) mass is 363 g/mol. The van der Waals surface area contributed by atoms with Crippen LogP contribution in [0.1, 0.15) is 17.5 Å². The summed E-state index contributed by atoms with van der Waals surface area (Å²) in [4.78, 5) is 16.0. The van der Waals surface area contributed by atoms with Crippen LogP contribution < -0.4 is 14.8 Å². The molecule has 0 aliphatic carbocycles. The van der Waals surface area contributed by atoms with E-state index in [-0.39, 0.29) is 23.8 Å². The Labute approximate surface area is 147 Å². The van der Waals surface area contributed by atoms with Crippen LogP contribution in [-0.4, -0.2) is 33.0 Å². The van der Waals surface area contributed by atoms with E-state index in [1.54, 1.807) is 30.3 Å². The average molecular weight is 363 g/mol. The summed E-state index contributed by atoms with van der Waals surface area (Å²) in [5, 5.41) is 2.64. The van der Waals surface area contributed by atoms with E-state index in [0.29, 0.717) is 11.6 Å². The summed E-state index contributed by atoms with van der Waals surface area (Å²) in [5.41, 5.74) is 2.43. The first-order chi connectivity index (χ1) is 11.8. The van der Waals surface area contributed by atoms with E-state index in [9.17, 15) is 13.2 Å². The first-order valence-corrected chi connectivity index (χ1v) is 9.17. The van der Waals surface area contributed by atoms with Crippen LogP contribution >= 0.6 is 0 Å². The summed E-state index contributed by atoms with van der Waals surface area (Å²) in [6.07, 6.45) is 1.48. The van der Waals surface area contributed by atoms with Gasteiger partial charge in [0.25, 0.3) is 0 Å². The Balaban J connectivity index is 1.87. The first-order valence-electron chi connectivity index (χ1n) is 7.68. The number of benzene rings is 1. The largest absolute Gasteiger partial charge is 0.481 e. The molecule has 0 spiro atoms. The molecule has 0 fully saturated rings. The van der Waals surface area contributed by atoms with Gasteiger partial charge in [-0.05, 0) is 43.2 Å². The summed E-state index contributed by atoms with van der Waals surface area (Å²) in [5.74, 6) is 0.133. The van der Waals surface area contributed by atoms with E-state index < -0.39 is 10.0 Å². The molecule has 0 aliphatic rings. The maximum absolute atomic E-state index is 12.2. The molecule has 0 radical (unpaired) electrons. The lowest BCUT2D eigenvalue weighted by Gasteiger charge is -2.09. The molecular formula is C17H21N3O4S. The van der Waals surface area contributed by atoms with E-state index in [0.717, 1.165) is 11.1 Å². The number of aromatic nitrogens is 1. The van der Waals surface area contributed by atoms with Gasteiger partial charge in [0.15, 0.2) is 0 Å². The van der Waals surface area contributed by atoms with Gasteiger partial charge < -0.3 is 10.1 Å². The second-order valence-corrected chi connectivity index (χ2v) is 7.30. The Hall–Kier alpha value is -2.45. The standard InChI is InChI=1S/C17H21N3O4S/c1-12-4-6-15(10-13(12)2)25(22,23)19-9-8-16(21)20-14-5-7-17(24-3)18-11-14/h4-7,10-11,19H,8-9H2,1-3H3,(H,20,21). The molecule has 1 aromatic heterocycles. The van der Waals surface area contributed by atoms with Crippen molar-refractivity contribution >= 4 is 21.6 Å². The Morgan fingerprint density at radius 2 is 1.92 bits per heavy atom. The van der Waals surface area contributed by atoms with Crippen LogP contribution in [0.2, 0.25) is 0 Å². The summed E-state index contributed by atoms with van der Waals surface area (Å²) >= 11 is 0. The topological polar surface area (TPSA) is 97.4 Å². The number of hydrogen-bond acceptors (Lipinski definition) is 5. The summed E-state index contributed by atoms with van der Waals surface area (Å²) in [6, 6.07) is 8.20. The number of hydrogen-bond donors (Lipinski definition) is 2. The highest BCUT2D eigenvalue weighted by molar-refractivity contribution is 7.89. The van der Waals surface area contributed by atoms with Gasteiger partial charge in [-0.15, -0.1) is 0 Å². The second-order valence-electron chi connectivity index (χ2n) is 5.53. The normalized spacial score (nSPS) is 11.2. The number of amides is 1. The number of ether oxygens (including phenoxy) is 1. The van der Waals surface area contributed by atoms with Crippen molar-refractivity contribution in [2.45, 2.75) is 25.2 Å². The van der Waals surface area contributed by atoms with Gasteiger partial charge in [0.1, 0.15) is 0 Å². The third-order valence-electron chi connectivity index (χ3n) is 3.66. The van der Waals surface area contributed by atoms with Crippen molar-refractivity contribution in [2.75, 3.05) is 19.0 Å². The number of aryl methyl sites for hydroxylation is 2. The van der Waals surface area contributed by atoms with Crippen LogP contribution in [0.15, 0.2) is 41.4 Å². The van der Waals surface area contributed by atoms with Crippen LogP contribution in [0.25, 0.3) is 0 Å². The highest BCUT2D eigenvalue weighted by Gasteiger charge is 2.15. The van der Waals surface area contributed by atoms with E-state index in [2.05, 4.69) is 15.0 Å². The summed E-state index contributed by atoms with van der Waals surface area (Å²) in [6.45, 7) is 3.77. The molecule has 2 aromatic rings. The first kappa shape index (κ1) is 18.9. The molecule has 25 heavy (non-hydrogen) atoms. The molecule has 0 bridgehead atoms. The highest BCUT2D eigenvalue weighted by Crippen LogP contribution is 2.14. The SMILES string of the molecule is COc1ccc(NC(=O)CCNS(=O)(=O)c2ccc(C)c(C)c2)cn1. The Morgan fingerprint density at radius 3 is 2.52 bits per heavy atom. The molecule has 134 valence electrons. The van der Waals surface area contributed by atoms with Crippen molar-refractivity contribution in [2.24, 2.45) is 0 Å². The highest BCUT2D eigenvalue weighted by atomic mass is 32.2. The second kappa shape index (κ2) is 8.09. The van der Waals surface area contributed by atoms with Crippen molar-refractivity contribution in [3.05, 3.63) is 47.7 Å². The number of carbonyl (C=O) groups is 1. The zero-order valence-electron chi connectivity index (χ0n) is 14.4. The molecule has 0 aliphatic heterocycles. The van der Waals surface area contributed by atoms with E-state index in [1.165, 1.54) is 13.3 Å². The zero-order valence-corrected chi connectivity index (χ0v) is 15.2. The lowest BCUT2D eigenvalue weighted by molar-refractivity contribution is -0.116. The molecule has 0 unspecified atom stereocenters. The van der Waals surface area contributed by atoms with Crippen molar-refractivity contribution < 1.29 is 17.9 Å². The third-order valence-corrected chi connectivity index (χ3v) is 5.12. The van der Waals surface area contributed by atoms with Gasteiger partial charge in [-0.3, -0.25) is 4.79 Å². The fourth-order valence-corrected chi connectivity index (χ4v) is 3.18. The molecule has 1 amide bonds. The molecule has 1 aromatic carbocycles. The Kier molecular flexibility index (Phi) is 6.11. The molecule has 0 atom stereocenters.